The lowest BCUT2D eigenvalue weighted by Crippen LogP contribution is -2.58. The molecule has 160 valence electrons. The zero-order valence-electron chi connectivity index (χ0n) is 15.4. The highest BCUT2D eigenvalue weighted by atomic mass is 32.1. The van der Waals surface area contributed by atoms with E-state index in [0.29, 0.717) is 0 Å². The smallest absolute Gasteiger partial charge is 0.326 e. The number of hydrogen-bond donors (Lipinski definition) is 8. The van der Waals surface area contributed by atoms with Gasteiger partial charge in [0, 0.05) is 11.5 Å². The van der Waals surface area contributed by atoms with Gasteiger partial charge in [0.1, 0.15) is 18.1 Å². The third-order valence-corrected chi connectivity index (χ3v) is 4.35. The van der Waals surface area contributed by atoms with E-state index in [0.717, 1.165) is 0 Å². The molecule has 0 radical (unpaired) electrons. The zero-order chi connectivity index (χ0) is 22.0. The van der Waals surface area contributed by atoms with E-state index in [9.17, 15) is 24.0 Å². The maximum Gasteiger partial charge on any atom is 0.326 e. The van der Waals surface area contributed by atoms with Crippen molar-refractivity contribution in [1.82, 2.24) is 16.0 Å². The summed E-state index contributed by atoms with van der Waals surface area (Å²) in [6, 6.07) is -4.98. The topological polar surface area (TPSA) is 188 Å². The normalized spacial score (nSPS) is 15.1. The molecule has 0 aliphatic carbocycles. The van der Waals surface area contributed by atoms with Gasteiger partial charge in [-0.2, -0.15) is 25.3 Å². The Bertz CT molecular complexity index is 603. The van der Waals surface area contributed by atoms with E-state index in [2.05, 4.69) is 41.2 Å². The van der Waals surface area contributed by atoms with Gasteiger partial charge in [-0.1, -0.05) is 13.8 Å². The van der Waals surface area contributed by atoms with Gasteiger partial charge in [-0.05, 0) is 5.92 Å². The van der Waals surface area contributed by atoms with Crippen molar-refractivity contribution >= 4 is 54.9 Å². The first kappa shape index (κ1) is 26.0. The number of carboxylic acid groups (broad SMARTS) is 2. The number of carboxylic acids is 2. The maximum absolute atomic E-state index is 12.3. The Labute approximate surface area is 173 Å². The molecule has 0 spiro atoms. The van der Waals surface area contributed by atoms with E-state index in [1.807, 2.05) is 0 Å². The number of rotatable bonds is 12. The van der Waals surface area contributed by atoms with Gasteiger partial charge in [0.25, 0.3) is 0 Å². The average Bonchev–Trinajstić information content (AvgIpc) is 2.61. The van der Waals surface area contributed by atoms with Crippen LogP contribution in [0.5, 0.6) is 0 Å². The van der Waals surface area contributed by atoms with E-state index >= 15 is 0 Å². The third kappa shape index (κ3) is 8.80. The number of carbonyl (C=O) groups is 5. The van der Waals surface area contributed by atoms with Crippen molar-refractivity contribution in [3.05, 3.63) is 0 Å². The molecule has 0 saturated carbocycles. The van der Waals surface area contributed by atoms with Crippen LogP contribution in [-0.2, 0) is 24.0 Å². The van der Waals surface area contributed by atoms with Crippen LogP contribution in [0.15, 0.2) is 0 Å². The SMILES string of the molecule is CC(C)C(NC(=O)C(CC(=O)O)NC(=O)C(CS)NC(=O)C(N)CS)C(=O)O. The van der Waals surface area contributed by atoms with Crippen molar-refractivity contribution in [2.75, 3.05) is 11.5 Å². The standard InChI is InChI=1S/C15H26N4O7S2/c1-6(2)11(15(25)26)19-13(23)8(3-10(20)21)17-14(24)9(5-28)18-12(22)7(16)4-27/h6-9,11,27-28H,3-5,16H2,1-2H3,(H,17,24)(H,18,22)(H,19,23)(H,20,21)(H,25,26). The Morgan fingerprint density at radius 2 is 1.36 bits per heavy atom. The van der Waals surface area contributed by atoms with Gasteiger partial charge < -0.3 is 31.9 Å². The van der Waals surface area contributed by atoms with E-state index in [1.165, 1.54) is 0 Å². The summed E-state index contributed by atoms with van der Waals surface area (Å²) in [7, 11) is 0. The molecular weight excluding hydrogens is 412 g/mol. The number of amides is 3. The van der Waals surface area contributed by atoms with Gasteiger partial charge in [-0.3, -0.25) is 19.2 Å². The summed E-state index contributed by atoms with van der Waals surface area (Å²) >= 11 is 7.82. The van der Waals surface area contributed by atoms with Crippen LogP contribution in [-0.4, -0.2) is 75.5 Å². The van der Waals surface area contributed by atoms with Crippen molar-refractivity contribution in [3.63, 3.8) is 0 Å². The molecule has 3 amide bonds. The van der Waals surface area contributed by atoms with Crippen LogP contribution >= 0.6 is 25.3 Å². The zero-order valence-corrected chi connectivity index (χ0v) is 17.2. The molecule has 0 rings (SSSR count). The van der Waals surface area contributed by atoms with Crippen LogP contribution in [0.4, 0.5) is 0 Å². The summed E-state index contributed by atoms with van der Waals surface area (Å²) in [4.78, 5) is 58.7. The quantitative estimate of drug-likeness (QED) is 0.158. The molecule has 0 aromatic rings. The van der Waals surface area contributed by atoms with Crippen LogP contribution < -0.4 is 21.7 Å². The Kier molecular flexibility index (Phi) is 11.6. The number of carbonyl (C=O) groups excluding carboxylic acids is 3. The van der Waals surface area contributed by atoms with Crippen LogP contribution in [0, 0.1) is 5.92 Å². The second-order valence-electron chi connectivity index (χ2n) is 6.26. The summed E-state index contributed by atoms with van der Waals surface area (Å²) < 4.78 is 0. The molecule has 0 saturated heterocycles. The fourth-order valence-corrected chi connectivity index (χ4v) is 2.40. The monoisotopic (exact) mass is 438 g/mol. The molecule has 0 fully saturated rings. The first-order valence-corrected chi connectivity index (χ1v) is 9.54. The Hall–Kier alpha value is -1.99. The molecule has 0 aromatic heterocycles. The minimum Gasteiger partial charge on any atom is -0.481 e. The predicted octanol–water partition coefficient (Wildman–Crippen LogP) is -2.16. The molecular formula is C15H26N4O7S2. The van der Waals surface area contributed by atoms with Crippen molar-refractivity contribution in [2.45, 2.75) is 44.4 Å². The Balaban J connectivity index is 5.26. The first-order valence-electron chi connectivity index (χ1n) is 8.27. The third-order valence-electron chi connectivity index (χ3n) is 3.59. The average molecular weight is 439 g/mol. The molecule has 4 unspecified atom stereocenters. The number of thiol groups is 2. The molecule has 0 aliphatic rings. The van der Waals surface area contributed by atoms with E-state index in [1.54, 1.807) is 13.8 Å². The van der Waals surface area contributed by atoms with Gasteiger partial charge in [-0.25, -0.2) is 4.79 Å². The summed E-state index contributed by atoms with van der Waals surface area (Å²) in [6.07, 6.45) is -0.786. The highest BCUT2D eigenvalue weighted by molar-refractivity contribution is 7.80. The van der Waals surface area contributed by atoms with Crippen molar-refractivity contribution in [3.8, 4) is 0 Å². The maximum atomic E-state index is 12.3. The van der Waals surface area contributed by atoms with Gasteiger partial charge in [0.05, 0.1) is 12.5 Å². The molecule has 0 bridgehead atoms. The lowest BCUT2D eigenvalue weighted by molar-refractivity contribution is -0.144. The van der Waals surface area contributed by atoms with Crippen LogP contribution in [0.25, 0.3) is 0 Å². The molecule has 7 N–H and O–H groups in total. The first-order chi connectivity index (χ1) is 12.9. The minimum atomic E-state index is -1.55. The second-order valence-corrected chi connectivity index (χ2v) is 6.99. The van der Waals surface area contributed by atoms with Crippen LogP contribution in [0.2, 0.25) is 0 Å². The van der Waals surface area contributed by atoms with Crippen molar-refractivity contribution < 1.29 is 34.2 Å². The van der Waals surface area contributed by atoms with E-state index in [4.69, 9.17) is 15.9 Å². The summed E-state index contributed by atoms with van der Waals surface area (Å²) in [5, 5.41) is 24.8. The fraction of sp³-hybridized carbons (Fsp3) is 0.667. The number of hydrogen-bond acceptors (Lipinski definition) is 8. The summed E-state index contributed by atoms with van der Waals surface area (Å²) in [5.74, 6) is -5.81. The predicted molar refractivity (Wildman–Crippen MR) is 106 cm³/mol. The lowest BCUT2D eigenvalue weighted by Gasteiger charge is -2.24. The lowest BCUT2D eigenvalue weighted by atomic mass is 10.0. The van der Waals surface area contributed by atoms with Crippen LogP contribution in [0.1, 0.15) is 20.3 Å². The number of aliphatic carboxylic acids is 2. The van der Waals surface area contributed by atoms with Gasteiger partial charge >= 0.3 is 11.9 Å². The molecule has 13 heteroatoms. The second kappa shape index (κ2) is 12.5. The Morgan fingerprint density at radius 3 is 1.75 bits per heavy atom. The molecule has 0 aliphatic heterocycles. The fourth-order valence-electron chi connectivity index (χ4n) is 1.98. The van der Waals surface area contributed by atoms with Gasteiger partial charge in [-0.15, -0.1) is 0 Å². The minimum absolute atomic E-state index is 0.0303. The highest BCUT2D eigenvalue weighted by Crippen LogP contribution is 2.04. The van der Waals surface area contributed by atoms with Crippen molar-refractivity contribution in [2.24, 2.45) is 11.7 Å². The molecule has 28 heavy (non-hydrogen) atoms. The highest BCUT2D eigenvalue weighted by Gasteiger charge is 2.32. The molecule has 0 aromatic carbocycles. The van der Waals surface area contributed by atoms with Gasteiger partial charge in [0.15, 0.2) is 0 Å². The molecule has 11 nitrogen and oxygen atoms in total. The largest absolute Gasteiger partial charge is 0.481 e. The van der Waals surface area contributed by atoms with Crippen molar-refractivity contribution in [1.29, 1.82) is 0 Å². The molecule has 0 heterocycles. The van der Waals surface area contributed by atoms with E-state index < -0.39 is 66.2 Å². The van der Waals surface area contributed by atoms with E-state index in [-0.39, 0.29) is 11.5 Å². The number of nitrogens with one attached hydrogen (secondary N) is 3. The summed E-state index contributed by atoms with van der Waals surface area (Å²) in [5.41, 5.74) is 5.50. The van der Waals surface area contributed by atoms with Gasteiger partial charge in [0.2, 0.25) is 17.7 Å². The summed E-state index contributed by atoms with van der Waals surface area (Å²) in [6.45, 7) is 3.11. The number of nitrogens with two attached hydrogens (primary N) is 1. The Morgan fingerprint density at radius 1 is 0.857 bits per heavy atom. The van der Waals surface area contributed by atoms with Crippen LogP contribution in [0.3, 0.4) is 0 Å². The molecule has 4 atom stereocenters.